The summed E-state index contributed by atoms with van der Waals surface area (Å²) in [5.74, 6) is 1.32. The van der Waals surface area contributed by atoms with Gasteiger partial charge in [-0.3, -0.25) is 14.2 Å². The number of aromatic nitrogens is 5. The van der Waals surface area contributed by atoms with Crippen molar-refractivity contribution in [1.82, 2.24) is 24.3 Å². The highest BCUT2D eigenvalue weighted by Crippen LogP contribution is 2.36. The third-order valence-electron chi connectivity index (χ3n) is 4.88. The fourth-order valence-corrected chi connectivity index (χ4v) is 3.53. The Bertz CT molecular complexity index is 1190. The first-order valence-electron chi connectivity index (χ1n) is 9.32. The molecule has 4 heterocycles. The Morgan fingerprint density at radius 3 is 2.72 bits per heavy atom. The Morgan fingerprint density at radius 2 is 2.00 bits per heavy atom. The molecule has 0 unspecified atom stereocenters. The zero-order valence-corrected chi connectivity index (χ0v) is 16.8. The Balaban J connectivity index is 1.86. The Morgan fingerprint density at radius 1 is 1.21 bits per heavy atom. The van der Waals surface area contributed by atoms with E-state index in [0.717, 1.165) is 22.5 Å². The zero-order chi connectivity index (χ0) is 20.7. The summed E-state index contributed by atoms with van der Waals surface area (Å²) in [5.41, 5.74) is 3.96. The number of aliphatic hydroxyl groups is 1. The van der Waals surface area contributed by atoms with Crippen molar-refractivity contribution < 1.29 is 14.9 Å². The van der Waals surface area contributed by atoms with E-state index in [1.165, 1.54) is 0 Å². The predicted octanol–water partition coefficient (Wildman–Crippen LogP) is 3.00. The van der Waals surface area contributed by atoms with Crippen molar-refractivity contribution in [1.29, 1.82) is 0 Å². The summed E-state index contributed by atoms with van der Waals surface area (Å²) >= 11 is 0. The van der Waals surface area contributed by atoms with E-state index in [-0.39, 0.29) is 5.88 Å². The van der Waals surface area contributed by atoms with Gasteiger partial charge in [-0.25, -0.2) is 4.98 Å². The van der Waals surface area contributed by atoms with Crippen LogP contribution in [0, 0.1) is 13.8 Å². The number of pyridine rings is 2. The van der Waals surface area contributed by atoms with Crippen LogP contribution in [0.4, 0.5) is 0 Å². The maximum Gasteiger partial charge on any atom is 0.207 e. The van der Waals surface area contributed by atoms with Crippen molar-refractivity contribution in [2.45, 2.75) is 33.4 Å². The van der Waals surface area contributed by atoms with E-state index in [2.05, 4.69) is 10.1 Å². The highest BCUT2D eigenvalue weighted by molar-refractivity contribution is 5.93. The van der Waals surface area contributed by atoms with Crippen LogP contribution < -0.4 is 4.74 Å². The van der Waals surface area contributed by atoms with Crippen LogP contribution in [-0.2, 0) is 6.54 Å². The van der Waals surface area contributed by atoms with E-state index in [9.17, 15) is 10.2 Å². The van der Waals surface area contributed by atoms with Crippen LogP contribution in [0.2, 0.25) is 0 Å². The molecule has 0 bridgehead atoms. The van der Waals surface area contributed by atoms with Crippen molar-refractivity contribution in [3.05, 3.63) is 48.0 Å². The minimum absolute atomic E-state index is 0.0973. The van der Waals surface area contributed by atoms with Crippen LogP contribution in [0.3, 0.4) is 0 Å². The standard InChI is InChI=1S/C21H23N5O3/c1-12-7-17(15-8-16(29-4)10-22-9-15)23-20-14(3)26(21(28)19(12)20)18-5-6-25(24-18)11-13(2)27/h5-10,13,27-28H,11H2,1-4H3/t13-/m0/s1. The number of hydrogen-bond acceptors (Lipinski definition) is 6. The third kappa shape index (κ3) is 3.31. The molecular formula is C21H23N5O3. The SMILES string of the molecule is COc1cncc(-c2cc(C)c3c(O)n(-c4ccn(C[C@H](C)O)n4)c(C)c3n2)c1. The molecule has 0 aliphatic carbocycles. The van der Waals surface area contributed by atoms with Crippen molar-refractivity contribution in [2.75, 3.05) is 7.11 Å². The summed E-state index contributed by atoms with van der Waals surface area (Å²) in [7, 11) is 1.60. The van der Waals surface area contributed by atoms with Gasteiger partial charge in [-0.1, -0.05) is 0 Å². The van der Waals surface area contributed by atoms with Crippen molar-refractivity contribution in [3.8, 4) is 28.7 Å². The molecule has 150 valence electrons. The number of aromatic hydroxyl groups is 1. The third-order valence-corrected chi connectivity index (χ3v) is 4.88. The zero-order valence-electron chi connectivity index (χ0n) is 16.8. The van der Waals surface area contributed by atoms with Gasteiger partial charge in [0, 0.05) is 24.0 Å². The highest BCUT2D eigenvalue weighted by atomic mass is 16.5. The maximum atomic E-state index is 10.9. The number of aryl methyl sites for hydroxylation is 2. The van der Waals surface area contributed by atoms with Gasteiger partial charge in [0.05, 0.1) is 48.2 Å². The molecule has 8 nitrogen and oxygen atoms in total. The average Bonchev–Trinajstić information content (AvgIpc) is 3.23. The summed E-state index contributed by atoms with van der Waals surface area (Å²) in [5, 5.41) is 25.7. The van der Waals surface area contributed by atoms with Gasteiger partial charge < -0.3 is 14.9 Å². The predicted molar refractivity (Wildman–Crippen MR) is 109 cm³/mol. The lowest BCUT2D eigenvalue weighted by Gasteiger charge is -2.06. The molecule has 0 fully saturated rings. The molecule has 0 amide bonds. The van der Waals surface area contributed by atoms with Gasteiger partial charge in [0.1, 0.15) is 5.75 Å². The van der Waals surface area contributed by atoms with Gasteiger partial charge >= 0.3 is 0 Å². The molecule has 4 rings (SSSR count). The molecule has 2 N–H and O–H groups in total. The first-order chi connectivity index (χ1) is 13.9. The van der Waals surface area contributed by atoms with E-state index in [0.29, 0.717) is 29.0 Å². The molecule has 0 radical (unpaired) electrons. The van der Waals surface area contributed by atoms with Crippen LogP contribution in [0.5, 0.6) is 11.6 Å². The first-order valence-corrected chi connectivity index (χ1v) is 9.32. The fourth-order valence-electron chi connectivity index (χ4n) is 3.53. The molecular weight excluding hydrogens is 370 g/mol. The van der Waals surface area contributed by atoms with Gasteiger partial charge in [-0.15, -0.1) is 0 Å². The fraction of sp³-hybridized carbons (Fsp3) is 0.286. The first kappa shape index (κ1) is 18.9. The van der Waals surface area contributed by atoms with Crippen molar-refractivity contribution in [3.63, 3.8) is 0 Å². The lowest BCUT2D eigenvalue weighted by atomic mass is 10.1. The number of ether oxygens (including phenoxy) is 1. The van der Waals surface area contributed by atoms with E-state index < -0.39 is 6.10 Å². The second kappa shape index (κ2) is 7.21. The molecule has 0 aromatic carbocycles. The topological polar surface area (TPSA) is 98.2 Å². The van der Waals surface area contributed by atoms with E-state index in [1.807, 2.05) is 26.0 Å². The van der Waals surface area contributed by atoms with Gasteiger partial charge in [-0.05, 0) is 38.5 Å². The molecule has 4 aromatic heterocycles. The van der Waals surface area contributed by atoms with Crippen LogP contribution in [0.25, 0.3) is 28.0 Å². The number of methoxy groups -OCH3 is 1. The van der Waals surface area contributed by atoms with Gasteiger partial charge in [0.2, 0.25) is 5.88 Å². The molecule has 1 atom stereocenters. The number of fused-ring (bicyclic) bond motifs is 1. The Kier molecular flexibility index (Phi) is 4.71. The monoisotopic (exact) mass is 393 g/mol. The quantitative estimate of drug-likeness (QED) is 0.541. The summed E-state index contributed by atoms with van der Waals surface area (Å²) in [6, 6.07) is 5.61. The van der Waals surface area contributed by atoms with Crippen LogP contribution >= 0.6 is 0 Å². The number of hydrogen-bond donors (Lipinski definition) is 2. The normalized spacial score (nSPS) is 12.4. The number of aliphatic hydroxyl groups excluding tert-OH is 1. The van der Waals surface area contributed by atoms with Crippen LogP contribution in [0.15, 0.2) is 36.8 Å². The molecule has 0 aliphatic rings. The summed E-state index contributed by atoms with van der Waals surface area (Å²) in [6.07, 6.45) is 4.65. The van der Waals surface area contributed by atoms with E-state index in [1.54, 1.807) is 47.9 Å². The maximum absolute atomic E-state index is 10.9. The molecule has 8 heteroatoms. The van der Waals surface area contributed by atoms with Crippen LogP contribution in [0.1, 0.15) is 18.2 Å². The molecule has 0 spiro atoms. The van der Waals surface area contributed by atoms with Gasteiger partial charge in [-0.2, -0.15) is 5.10 Å². The van der Waals surface area contributed by atoms with Gasteiger partial charge in [0.25, 0.3) is 0 Å². The van der Waals surface area contributed by atoms with E-state index in [4.69, 9.17) is 9.72 Å². The summed E-state index contributed by atoms with van der Waals surface area (Å²) in [4.78, 5) is 9.00. The molecule has 0 aliphatic heterocycles. The molecule has 29 heavy (non-hydrogen) atoms. The largest absolute Gasteiger partial charge is 0.495 e. The highest BCUT2D eigenvalue weighted by Gasteiger charge is 2.21. The lowest BCUT2D eigenvalue weighted by molar-refractivity contribution is 0.168. The molecule has 4 aromatic rings. The number of rotatable bonds is 5. The summed E-state index contributed by atoms with van der Waals surface area (Å²) < 4.78 is 8.59. The number of nitrogens with zero attached hydrogens (tertiary/aromatic N) is 5. The van der Waals surface area contributed by atoms with Crippen molar-refractivity contribution >= 4 is 10.9 Å². The second-order valence-electron chi connectivity index (χ2n) is 7.15. The van der Waals surface area contributed by atoms with E-state index >= 15 is 0 Å². The minimum atomic E-state index is -0.510. The minimum Gasteiger partial charge on any atom is -0.495 e. The Hall–Kier alpha value is -3.39. The summed E-state index contributed by atoms with van der Waals surface area (Å²) in [6.45, 7) is 5.92. The smallest absolute Gasteiger partial charge is 0.207 e. The average molecular weight is 393 g/mol. The second-order valence-corrected chi connectivity index (χ2v) is 7.15. The molecule has 0 saturated heterocycles. The lowest BCUT2D eigenvalue weighted by Crippen LogP contribution is -2.12. The van der Waals surface area contributed by atoms with Gasteiger partial charge in [0.15, 0.2) is 5.82 Å². The Labute approximate surface area is 168 Å². The van der Waals surface area contributed by atoms with Crippen LogP contribution in [-0.4, -0.2) is 47.7 Å². The van der Waals surface area contributed by atoms with Crippen molar-refractivity contribution in [2.24, 2.45) is 0 Å². The molecule has 0 saturated carbocycles.